The fourth-order valence-electron chi connectivity index (χ4n) is 9.24. The molecule has 0 aromatic heterocycles. The van der Waals surface area contributed by atoms with Crippen LogP contribution in [0, 0.1) is 11.3 Å². The minimum Gasteiger partial charge on any atom is -0.493 e. The second kappa shape index (κ2) is 6.18. The van der Waals surface area contributed by atoms with E-state index in [0.717, 1.165) is 63.0 Å². The van der Waals surface area contributed by atoms with Crippen molar-refractivity contribution in [1.82, 2.24) is 4.90 Å². The van der Waals surface area contributed by atoms with Gasteiger partial charge >= 0.3 is 0 Å². The average Bonchev–Trinajstić information content (AvgIpc) is 3.13. The first-order valence-electron chi connectivity index (χ1n) is 12.2. The van der Waals surface area contributed by atoms with Gasteiger partial charge in [0.05, 0.1) is 12.7 Å². The highest BCUT2D eigenvalue weighted by Crippen LogP contribution is 2.77. The summed E-state index contributed by atoms with van der Waals surface area (Å²) < 4.78 is 19.3. The molecule has 1 saturated heterocycles. The summed E-state index contributed by atoms with van der Waals surface area (Å²) in [5.74, 6) is 1.86. The first kappa shape index (κ1) is 20.3. The molecule has 3 saturated carbocycles. The van der Waals surface area contributed by atoms with Gasteiger partial charge in [0.25, 0.3) is 0 Å². The molecule has 1 aromatic carbocycles. The average molecular weight is 428 g/mol. The highest BCUT2D eigenvalue weighted by Gasteiger charge is 2.81. The van der Waals surface area contributed by atoms with Gasteiger partial charge < -0.3 is 24.2 Å². The largest absolute Gasteiger partial charge is 0.493 e. The van der Waals surface area contributed by atoms with Gasteiger partial charge in [-0.25, -0.2) is 0 Å². The lowest BCUT2D eigenvalue weighted by molar-refractivity contribution is -0.301. The zero-order valence-electron chi connectivity index (χ0n) is 19.7. The van der Waals surface area contributed by atoms with Crippen molar-refractivity contribution in [3.05, 3.63) is 23.3 Å². The van der Waals surface area contributed by atoms with Gasteiger partial charge in [-0.2, -0.15) is 0 Å². The van der Waals surface area contributed by atoms with E-state index in [2.05, 4.69) is 31.0 Å². The van der Waals surface area contributed by atoms with E-state index in [1.807, 2.05) is 14.0 Å². The Kier molecular flexibility index (Phi) is 4.05. The molecule has 2 aliphatic heterocycles. The summed E-state index contributed by atoms with van der Waals surface area (Å²) in [6.07, 6.45) is 6.95. The van der Waals surface area contributed by atoms with Crippen LogP contribution in [0.4, 0.5) is 0 Å². The molecule has 2 unspecified atom stereocenters. The summed E-state index contributed by atoms with van der Waals surface area (Å²) in [7, 11) is 5.90. The van der Waals surface area contributed by atoms with E-state index in [-0.39, 0.29) is 22.9 Å². The minimum absolute atomic E-state index is 0.0469. The van der Waals surface area contributed by atoms with Crippen LogP contribution in [0.1, 0.15) is 63.5 Å². The van der Waals surface area contributed by atoms with Crippen LogP contribution in [0.15, 0.2) is 12.1 Å². The Labute approximate surface area is 186 Å². The molecule has 31 heavy (non-hydrogen) atoms. The first-order chi connectivity index (χ1) is 14.8. The van der Waals surface area contributed by atoms with Gasteiger partial charge in [0, 0.05) is 35.5 Å². The standard InChI is InChI=1S/C26H37NO4/c1-6-9-23(2,28)18-15-24-10-11-26(18,30-5)22-25(24)12-13-27(3)19(24)14-16-7-8-17(29-4)21(31-22)20(16)25/h7-8,18-19,22,28H,6,9-15H2,1-5H3/t18?,19-,22-,23?,24-,25+,26-/m0/s1. The summed E-state index contributed by atoms with van der Waals surface area (Å²) >= 11 is 0. The molecule has 4 bridgehead atoms. The third-order valence-electron chi connectivity index (χ3n) is 10.3. The Bertz CT molecular complexity index is 930. The summed E-state index contributed by atoms with van der Waals surface area (Å²) in [6, 6.07) is 4.84. The highest BCUT2D eigenvalue weighted by molar-refractivity contribution is 5.63. The molecule has 0 amide bonds. The van der Waals surface area contributed by atoms with E-state index in [9.17, 15) is 5.11 Å². The number of piperidine rings is 1. The smallest absolute Gasteiger partial charge is 0.165 e. The van der Waals surface area contributed by atoms with E-state index >= 15 is 0 Å². The fourth-order valence-corrected chi connectivity index (χ4v) is 9.24. The molecule has 4 aliphatic carbocycles. The second-order valence-electron chi connectivity index (χ2n) is 11.2. The molecule has 0 radical (unpaired) electrons. The molecule has 5 nitrogen and oxygen atoms in total. The number of hydrogen-bond acceptors (Lipinski definition) is 5. The summed E-state index contributed by atoms with van der Waals surface area (Å²) in [4.78, 5) is 2.60. The number of aliphatic hydroxyl groups is 1. The predicted octanol–water partition coefficient (Wildman–Crippen LogP) is 3.69. The van der Waals surface area contributed by atoms with Crippen LogP contribution in [0.25, 0.3) is 0 Å². The van der Waals surface area contributed by atoms with Crippen molar-refractivity contribution >= 4 is 0 Å². The molecule has 1 N–H and O–H groups in total. The lowest BCUT2D eigenvalue weighted by Gasteiger charge is -2.74. The predicted molar refractivity (Wildman–Crippen MR) is 119 cm³/mol. The molecule has 170 valence electrons. The van der Waals surface area contributed by atoms with E-state index in [1.165, 1.54) is 11.1 Å². The van der Waals surface area contributed by atoms with Crippen LogP contribution in [0.5, 0.6) is 11.5 Å². The number of benzene rings is 1. The monoisotopic (exact) mass is 427 g/mol. The number of hydrogen-bond donors (Lipinski definition) is 1. The second-order valence-corrected chi connectivity index (χ2v) is 11.2. The van der Waals surface area contributed by atoms with E-state index in [4.69, 9.17) is 14.2 Å². The van der Waals surface area contributed by atoms with Crippen molar-refractivity contribution in [1.29, 1.82) is 0 Å². The van der Waals surface area contributed by atoms with Crippen molar-refractivity contribution in [2.24, 2.45) is 11.3 Å². The zero-order chi connectivity index (χ0) is 21.8. The normalized spacial score (nSPS) is 43.9. The van der Waals surface area contributed by atoms with Crippen molar-refractivity contribution in [2.45, 2.75) is 87.6 Å². The van der Waals surface area contributed by atoms with Crippen LogP contribution in [0.3, 0.4) is 0 Å². The number of nitrogens with zero attached hydrogens (tertiary/aromatic N) is 1. The van der Waals surface area contributed by atoms with E-state index < -0.39 is 11.2 Å². The number of likely N-dealkylation sites (N-methyl/N-ethyl adjacent to an activating group) is 1. The fraction of sp³-hybridized carbons (Fsp3) is 0.769. The van der Waals surface area contributed by atoms with Crippen molar-refractivity contribution in [3.63, 3.8) is 0 Å². The van der Waals surface area contributed by atoms with Gasteiger partial charge in [-0.05, 0) is 70.7 Å². The Morgan fingerprint density at radius 1 is 1.26 bits per heavy atom. The Morgan fingerprint density at radius 2 is 2.06 bits per heavy atom. The van der Waals surface area contributed by atoms with Crippen LogP contribution in [-0.4, -0.2) is 61.2 Å². The van der Waals surface area contributed by atoms with Gasteiger partial charge in [-0.3, -0.25) is 0 Å². The SMILES string of the molecule is CCCC(C)(O)C1C[C@]23CC[C@@]1(OC)[C@H]1Oc4c(OC)ccc5c4[C@]12CCN(C)[C@H]3C5. The molecule has 5 heteroatoms. The molecule has 6 aliphatic rings. The maximum atomic E-state index is 11.8. The number of ether oxygens (including phenoxy) is 3. The number of likely N-dealkylation sites (tertiary alicyclic amines) is 1. The number of methoxy groups -OCH3 is 2. The molecule has 2 heterocycles. The van der Waals surface area contributed by atoms with Crippen LogP contribution < -0.4 is 9.47 Å². The molecule has 7 atom stereocenters. The van der Waals surface area contributed by atoms with E-state index in [1.54, 1.807) is 7.11 Å². The van der Waals surface area contributed by atoms with Crippen molar-refractivity contribution < 1.29 is 19.3 Å². The lowest BCUT2D eigenvalue weighted by atomic mass is 9.33. The molecular weight excluding hydrogens is 390 g/mol. The number of rotatable bonds is 5. The Balaban J connectivity index is 1.64. The maximum absolute atomic E-state index is 11.8. The molecule has 1 aromatic rings. The third kappa shape index (κ3) is 2.06. The summed E-state index contributed by atoms with van der Waals surface area (Å²) in [5, 5.41) is 11.8. The van der Waals surface area contributed by atoms with Crippen molar-refractivity contribution in [3.8, 4) is 11.5 Å². The third-order valence-corrected chi connectivity index (χ3v) is 10.3. The van der Waals surface area contributed by atoms with Crippen LogP contribution in [-0.2, 0) is 16.6 Å². The Morgan fingerprint density at radius 3 is 2.77 bits per heavy atom. The maximum Gasteiger partial charge on any atom is 0.165 e. The molecule has 7 rings (SSSR count). The van der Waals surface area contributed by atoms with Gasteiger partial charge in [-0.1, -0.05) is 19.4 Å². The van der Waals surface area contributed by atoms with Gasteiger partial charge in [-0.15, -0.1) is 0 Å². The summed E-state index contributed by atoms with van der Waals surface area (Å²) in [5.41, 5.74) is 1.66. The number of fused-ring (bicyclic) bond motifs is 2. The molecule has 2 spiro atoms. The van der Waals surface area contributed by atoms with Gasteiger partial charge in [0.1, 0.15) is 11.7 Å². The summed E-state index contributed by atoms with van der Waals surface area (Å²) in [6.45, 7) is 5.29. The van der Waals surface area contributed by atoms with Crippen LogP contribution in [0.2, 0.25) is 0 Å². The van der Waals surface area contributed by atoms with E-state index in [0.29, 0.717) is 6.04 Å². The zero-order valence-corrected chi connectivity index (χ0v) is 19.7. The van der Waals surface area contributed by atoms with Crippen LogP contribution >= 0.6 is 0 Å². The van der Waals surface area contributed by atoms with Crippen molar-refractivity contribution in [2.75, 3.05) is 27.8 Å². The minimum atomic E-state index is -0.769. The topological polar surface area (TPSA) is 51.2 Å². The highest BCUT2D eigenvalue weighted by atomic mass is 16.6. The lowest BCUT2D eigenvalue weighted by Crippen LogP contribution is -2.82. The molecular formula is C26H37NO4. The Hall–Kier alpha value is -1.30. The van der Waals surface area contributed by atoms with Gasteiger partial charge in [0.15, 0.2) is 11.5 Å². The molecule has 4 fully saturated rings. The quantitative estimate of drug-likeness (QED) is 0.777. The van der Waals surface area contributed by atoms with Gasteiger partial charge in [0.2, 0.25) is 0 Å². The first-order valence-corrected chi connectivity index (χ1v) is 12.2.